The minimum Gasteiger partial charge on any atom is -0.277 e. The van der Waals surface area contributed by atoms with Crippen molar-refractivity contribution in [3.63, 3.8) is 0 Å². The number of aromatic nitrogens is 5. The van der Waals surface area contributed by atoms with Gasteiger partial charge in [0.1, 0.15) is 0 Å². The van der Waals surface area contributed by atoms with Gasteiger partial charge in [-0.25, -0.2) is 4.98 Å². The van der Waals surface area contributed by atoms with Crippen molar-refractivity contribution in [2.75, 3.05) is 0 Å². The maximum absolute atomic E-state index is 5.17. The van der Waals surface area contributed by atoms with Crippen LogP contribution in [-0.4, -0.2) is 24.5 Å². The van der Waals surface area contributed by atoms with Gasteiger partial charge in [0.05, 0.1) is 16.6 Å². The van der Waals surface area contributed by atoms with Gasteiger partial charge in [-0.1, -0.05) is 111 Å². The summed E-state index contributed by atoms with van der Waals surface area (Å²) < 4.78 is 2.26. The van der Waals surface area contributed by atoms with Gasteiger partial charge in [0, 0.05) is 38.9 Å². The van der Waals surface area contributed by atoms with Gasteiger partial charge in [0.2, 0.25) is 5.95 Å². The van der Waals surface area contributed by atoms with Crippen LogP contribution in [0.5, 0.6) is 0 Å². The summed E-state index contributed by atoms with van der Waals surface area (Å²) in [7, 11) is 0. The molecule has 3 heterocycles. The fraction of sp³-hybridized carbons (Fsp3) is 0.0769. The van der Waals surface area contributed by atoms with Crippen molar-refractivity contribution in [2.45, 2.75) is 19.3 Å². The molecule has 0 aliphatic heterocycles. The monoisotopic (exact) mass is 565 g/mol. The Balaban J connectivity index is 1.40. The summed E-state index contributed by atoms with van der Waals surface area (Å²) in [6, 6.07) is 42.2. The fourth-order valence-corrected chi connectivity index (χ4v) is 7.01. The number of fused-ring (bicyclic) bond motifs is 8. The Morgan fingerprint density at radius 1 is 0.591 bits per heavy atom. The lowest BCUT2D eigenvalue weighted by Gasteiger charge is -2.23. The largest absolute Gasteiger partial charge is 0.277 e. The summed E-state index contributed by atoms with van der Waals surface area (Å²) in [6.45, 7) is 4.65. The lowest BCUT2D eigenvalue weighted by Crippen LogP contribution is -2.17. The van der Waals surface area contributed by atoms with E-state index in [1.165, 1.54) is 33.0 Å². The first kappa shape index (κ1) is 24.9. The van der Waals surface area contributed by atoms with Crippen LogP contribution in [0.15, 0.2) is 128 Å². The molecule has 208 valence electrons. The van der Waals surface area contributed by atoms with E-state index in [0.717, 1.165) is 33.1 Å². The molecule has 0 saturated heterocycles. The second-order valence-electron chi connectivity index (χ2n) is 12.0. The Morgan fingerprint density at radius 2 is 1.27 bits per heavy atom. The number of benzene rings is 5. The summed E-state index contributed by atoms with van der Waals surface area (Å²) in [5.41, 5.74) is 9.90. The maximum atomic E-state index is 5.17. The molecular formula is C39H27N5. The number of hydrogen-bond donors (Lipinski definition) is 0. The first-order valence-electron chi connectivity index (χ1n) is 14.9. The Labute approximate surface area is 254 Å². The first-order valence-corrected chi connectivity index (χ1v) is 14.9. The Kier molecular flexibility index (Phi) is 5.18. The second-order valence-corrected chi connectivity index (χ2v) is 12.0. The molecule has 8 aromatic rings. The van der Waals surface area contributed by atoms with E-state index in [0.29, 0.717) is 17.6 Å². The van der Waals surface area contributed by atoms with Crippen LogP contribution in [0.1, 0.15) is 25.0 Å². The quantitative estimate of drug-likeness (QED) is 0.214. The Hall–Kier alpha value is -5.68. The molecule has 0 spiro atoms. The van der Waals surface area contributed by atoms with E-state index in [-0.39, 0.29) is 5.41 Å². The Morgan fingerprint density at radius 3 is 2.00 bits per heavy atom. The Bertz CT molecular complexity index is 2350. The molecule has 5 nitrogen and oxygen atoms in total. The molecule has 0 amide bonds. The highest BCUT2D eigenvalue weighted by atomic mass is 15.2. The van der Waals surface area contributed by atoms with E-state index in [1.807, 2.05) is 48.7 Å². The molecule has 0 bridgehead atoms. The molecule has 0 fully saturated rings. The third kappa shape index (κ3) is 3.53. The van der Waals surface area contributed by atoms with Crippen LogP contribution in [0, 0.1) is 0 Å². The zero-order chi connectivity index (χ0) is 29.4. The molecule has 0 saturated carbocycles. The van der Waals surface area contributed by atoms with E-state index in [2.05, 4.69) is 97.3 Å². The molecule has 0 unspecified atom stereocenters. The van der Waals surface area contributed by atoms with Crippen molar-refractivity contribution < 1.29 is 0 Å². The molecule has 0 radical (unpaired) electrons. The molecule has 0 atom stereocenters. The van der Waals surface area contributed by atoms with Crippen LogP contribution in [0.3, 0.4) is 0 Å². The minimum absolute atomic E-state index is 0.278. The average molecular weight is 566 g/mol. The lowest BCUT2D eigenvalue weighted by atomic mass is 9.81. The molecular weight excluding hydrogens is 538 g/mol. The number of nitrogens with zero attached hydrogens (tertiary/aromatic N) is 5. The zero-order valence-electron chi connectivity index (χ0n) is 24.4. The molecule has 0 N–H and O–H groups in total. The van der Waals surface area contributed by atoms with E-state index >= 15 is 0 Å². The molecule has 9 rings (SSSR count). The third-order valence-electron chi connectivity index (χ3n) is 9.06. The fourth-order valence-electron chi connectivity index (χ4n) is 7.01. The van der Waals surface area contributed by atoms with Crippen LogP contribution < -0.4 is 0 Å². The minimum atomic E-state index is -0.278. The highest BCUT2D eigenvalue weighted by molar-refractivity contribution is 6.13. The van der Waals surface area contributed by atoms with Crippen molar-refractivity contribution in [3.8, 4) is 39.9 Å². The van der Waals surface area contributed by atoms with Gasteiger partial charge in [-0.15, -0.1) is 0 Å². The van der Waals surface area contributed by atoms with Gasteiger partial charge >= 0.3 is 0 Å². The molecule has 44 heavy (non-hydrogen) atoms. The molecule has 5 aromatic carbocycles. The van der Waals surface area contributed by atoms with Gasteiger partial charge < -0.3 is 0 Å². The van der Waals surface area contributed by atoms with Gasteiger partial charge in [0.15, 0.2) is 11.6 Å². The molecule has 3 aromatic heterocycles. The number of pyridine rings is 1. The third-order valence-corrected chi connectivity index (χ3v) is 9.06. The van der Waals surface area contributed by atoms with Crippen molar-refractivity contribution in [3.05, 3.63) is 139 Å². The lowest BCUT2D eigenvalue weighted by molar-refractivity contribution is 0.664. The number of hydrogen-bond acceptors (Lipinski definition) is 4. The topological polar surface area (TPSA) is 56.5 Å². The second kappa shape index (κ2) is 9.16. The van der Waals surface area contributed by atoms with Crippen LogP contribution in [0.4, 0.5) is 0 Å². The summed E-state index contributed by atoms with van der Waals surface area (Å²) in [5.74, 6) is 1.90. The predicted molar refractivity (Wildman–Crippen MR) is 178 cm³/mol. The van der Waals surface area contributed by atoms with Crippen LogP contribution in [-0.2, 0) is 5.41 Å². The van der Waals surface area contributed by atoms with Crippen molar-refractivity contribution in [1.82, 2.24) is 24.5 Å². The van der Waals surface area contributed by atoms with E-state index < -0.39 is 0 Å². The molecule has 1 aliphatic rings. The normalized spacial score (nSPS) is 13.4. The van der Waals surface area contributed by atoms with Crippen LogP contribution in [0.25, 0.3) is 72.6 Å². The molecule has 1 aliphatic carbocycles. The van der Waals surface area contributed by atoms with E-state index in [9.17, 15) is 0 Å². The van der Waals surface area contributed by atoms with Crippen molar-refractivity contribution in [2.24, 2.45) is 0 Å². The van der Waals surface area contributed by atoms with Crippen LogP contribution >= 0.6 is 0 Å². The highest BCUT2D eigenvalue weighted by Gasteiger charge is 2.39. The zero-order valence-corrected chi connectivity index (χ0v) is 24.4. The standard InChI is InChI=1S/C39H27N5/c1-39(2)31-23-32-26(16-11-21-40-32)22-30(31)28-19-20-29-27-17-9-10-18-33(27)44(35(29)34(28)39)38-42-36(24-12-5-3-6-13-24)41-37(43-38)25-14-7-4-8-15-25/h3-23H,1-2H3. The van der Waals surface area contributed by atoms with Crippen molar-refractivity contribution >= 4 is 32.7 Å². The smallest absolute Gasteiger partial charge is 0.238 e. The SMILES string of the molecule is CC1(C)c2cc3ncccc3cc2-c2ccc3c4ccccc4n(-c4nc(-c5ccccc5)nc(-c5ccccc5)n4)c3c21. The summed E-state index contributed by atoms with van der Waals surface area (Å²) in [5, 5.41) is 3.51. The number of rotatable bonds is 3. The van der Waals surface area contributed by atoms with Gasteiger partial charge in [-0.3, -0.25) is 9.55 Å². The predicted octanol–water partition coefficient (Wildman–Crippen LogP) is 9.16. The summed E-state index contributed by atoms with van der Waals surface area (Å²) in [6.07, 6.45) is 1.87. The van der Waals surface area contributed by atoms with Crippen LogP contribution in [0.2, 0.25) is 0 Å². The highest BCUT2D eigenvalue weighted by Crippen LogP contribution is 2.53. The van der Waals surface area contributed by atoms with Gasteiger partial charge in [-0.05, 0) is 46.5 Å². The summed E-state index contributed by atoms with van der Waals surface area (Å²) in [4.78, 5) is 20.0. The van der Waals surface area contributed by atoms with E-state index in [4.69, 9.17) is 19.9 Å². The van der Waals surface area contributed by atoms with Crippen molar-refractivity contribution in [1.29, 1.82) is 0 Å². The first-order chi connectivity index (χ1) is 21.6. The average Bonchev–Trinajstić information content (AvgIpc) is 3.53. The van der Waals surface area contributed by atoms with Gasteiger partial charge in [0.25, 0.3) is 0 Å². The molecule has 5 heteroatoms. The van der Waals surface area contributed by atoms with Gasteiger partial charge in [-0.2, -0.15) is 9.97 Å². The summed E-state index contributed by atoms with van der Waals surface area (Å²) >= 11 is 0. The maximum Gasteiger partial charge on any atom is 0.238 e. The number of para-hydroxylation sites is 1. The van der Waals surface area contributed by atoms with E-state index in [1.54, 1.807) is 0 Å².